The summed E-state index contributed by atoms with van der Waals surface area (Å²) in [5, 5.41) is 5.30. The van der Waals surface area contributed by atoms with Crippen molar-refractivity contribution >= 4 is 22.3 Å². The molecule has 122 valence electrons. The number of anilines is 1. The molecule has 0 aliphatic carbocycles. The van der Waals surface area contributed by atoms with Gasteiger partial charge in [-0.05, 0) is 19.1 Å². The fraction of sp³-hybridized carbons (Fsp3) is 0.250. The molecule has 2 rings (SSSR count). The van der Waals surface area contributed by atoms with Gasteiger partial charge in [0, 0.05) is 16.6 Å². The zero-order valence-corrected chi connectivity index (χ0v) is 14.2. The van der Waals surface area contributed by atoms with E-state index in [1.54, 1.807) is 17.5 Å². The molecule has 23 heavy (non-hydrogen) atoms. The smallest absolute Gasteiger partial charge is 0.212 e. The van der Waals surface area contributed by atoms with Crippen molar-refractivity contribution in [3.63, 3.8) is 0 Å². The first-order chi connectivity index (χ1) is 11.0. The molecule has 1 heterocycles. The van der Waals surface area contributed by atoms with Gasteiger partial charge in [0.2, 0.25) is 11.5 Å². The lowest BCUT2D eigenvalue weighted by atomic mass is 10.1. The minimum Gasteiger partial charge on any atom is -0.493 e. The van der Waals surface area contributed by atoms with Crippen LogP contribution in [0.1, 0.15) is 23.0 Å². The largest absolute Gasteiger partial charge is 0.493 e. The maximum absolute atomic E-state index is 12.6. The number of benzene rings is 1. The molecule has 0 saturated carbocycles. The quantitative estimate of drug-likeness (QED) is 0.783. The molecule has 1 aromatic carbocycles. The second-order valence-corrected chi connectivity index (χ2v) is 5.54. The molecule has 0 atom stereocenters. The first-order valence-corrected chi connectivity index (χ1v) is 7.60. The SMILES string of the molecule is C=C(C)Nc1nc(C(=O)c2cc(OC)c(OC)c(OC)c2)cs1. The van der Waals surface area contributed by atoms with Crippen molar-refractivity contribution in [3.05, 3.63) is 41.0 Å². The van der Waals surface area contributed by atoms with E-state index in [-0.39, 0.29) is 5.78 Å². The maximum Gasteiger partial charge on any atom is 0.212 e. The predicted molar refractivity (Wildman–Crippen MR) is 90.1 cm³/mol. The summed E-state index contributed by atoms with van der Waals surface area (Å²) in [5.41, 5.74) is 1.51. The Balaban J connectivity index is 2.39. The van der Waals surface area contributed by atoms with Gasteiger partial charge in [-0.25, -0.2) is 4.98 Å². The molecule has 0 unspecified atom stereocenters. The second kappa shape index (κ2) is 7.15. The third kappa shape index (κ3) is 3.62. The minimum absolute atomic E-state index is 0.227. The van der Waals surface area contributed by atoms with Crippen molar-refractivity contribution < 1.29 is 19.0 Å². The summed E-state index contributed by atoms with van der Waals surface area (Å²) >= 11 is 1.34. The van der Waals surface area contributed by atoms with E-state index in [2.05, 4.69) is 16.9 Å². The Morgan fingerprint density at radius 3 is 2.26 bits per heavy atom. The molecule has 0 bridgehead atoms. The number of rotatable bonds is 7. The van der Waals surface area contributed by atoms with Gasteiger partial charge < -0.3 is 19.5 Å². The Morgan fingerprint density at radius 2 is 1.78 bits per heavy atom. The van der Waals surface area contributed by atoms with Gasteiger partial charge in [0.05, 0.1) is 21.3 Å². The highest BCUT2D eigenvalue weighted by Crippen LogP contribution is 2.38. The van der Waals surface area contributed by atoms with Crippen LogP contribution in [0.3, 0.4) is 0 Å². The minimum atomic E-state index is -0.227. The highest BCUT2D eigenvalue weighted by Gasteiger charge is 2.19. The zero-order valence-electron chi connectivity index (χ0n) is 13.4. The molecule has 1 N–H and O–H groups in total. The molecule has 0 aliphatic rings. The maximum atomic E-state index is 12.6. The van der Waals surface area contributed by atoms with E-state index in [1.807, 2.05) is 6.92 Å². The summed E-state index contributed by atoms with van der Waals surface area (Å²) in [6.45, 7) is 5.57. The molecule has 0 radical (unpaired) electrons. The number of hydrogen-bond acceptors (Lipinski definition) is 7. The summed E-state index contributed by atoms with van der Waals surface area (Å²) in [6, 6.07) is 3.21. The summed E-state index contributed by atoms with van der Waals surface area (Å²) in [4.78, 5) is 16.9. The van der Waals surface area contributed by atoms with Crippen LogP contribution in [0.5, 0.6) is 17.2 Å². The second-order valence-electron chi connectivity index (χ2n) is 4.69. The number of ether oxygens (including phenoxy) is 3. The van der Waals surface area contributed by atoms with Gasteiger partial charge in [0.1, 0.15) is 5.69 Å². The molecular weight excluding hydrogens is 316 g/mol. The first kappa shape index (κ1) is 16.8. The van der Waals surface area contributed by atoms with Crippen LogP contribution in [0.2, 0.25) is 0 Å². The van der Waals surface area contributed by atoms with Crippen molar-refractivity contribution in [1.82, 2.24) is 4.98 Å². The fourth-order valence-corrected chi connectivity index (χ4v) is 2.75. The average Bonchev–Trinajstić information content (AvgIpc) is 3.00. The lowest BCUT2D eigenvalue weighted by Gasteiger charge is -2.13. The molecule has 1 aromatic heterocycles. The zero-order chi connectivity index (χ0) is 17.0. The van der Waals surface area contributed by atoms with Crippen LogP contribution in [-0.2, 0) is 0 Å². The number of aromatic nitrogens is 1. The third-order valence-corrected chi connectivity index (χ3v) is 3.74. The Hall–Kier alpha value is -2.54. The topological polar surface area (TPSA) is 69.7 Å². The van der Waals surface area contributed by atoms with Gasteiger partial charge in [-0.1, -0.05) is 6.58 Å². The van der Waals surface area contributed by atoms with E-state index < -0.39 is 0 Å². The lowest BCUT2D eigenvalue weighted by molar-refractivity contribution is 0.103. The van der Waals surface area contributed by atoms with E-state index in [1.165, 1.54) is 32.7 Å². The van der Waals surface area contributed by atoms with E-state index in [0.717, 1.165) is 5.70 Å². The van der Waals surface area contributed by atoms with E-state index >= 15 is 0 Å². The van der Waals surface area contributed by atoms with Crippen molar-refractivity contribution in [2.75, 3.05) is 26.6 Å². The molecular formula is C16H18N2O4S. The van der Waals surface area contributed by atoms with Crippen molar-refractivity contribution in [3.8, 4) is 17.2 Å². The molecule has 0 amide bonds. The normalized spacial score (nSPS) is 10.1. The number of carbonyl (C=O) groups is 1. The molecule has 6 nitrogen and oxygen atoms in total. The number of hydrogen-bond donors (Lipinski definition) is 1. The van der Waals surface area contributed by atoms with Crippen LogP contribution < -0.4 is 19.5 Å². The summed E-state index contributed by atoms with van der Waals surface area (Å²) < 4.78 is 15.8. The Bertz CT molecular complexity index is 714. The molecule has 0 saturated heterocycles. The Kier molecular flexibility index (Phi) is 5.23. The van der Waals surface area contributed by atoms with Gasteiger partial charge in [-0.2, -0.15) is 0 Å². The van der Waals surface area contributed by atoms with Crippen LogP contribution in [0.25, 0.3) is 0 Å². The number of carbonyl (C=O) groups excluding carboxylic acids is 1. The van der Waals surface area contributed by atoms with Crippen LogP contribution in [0.4, 0.5) is 5.13 Å². The standard InChI is InChI=1S/C16H18N2O4S/c1-9(2)17-16-18-11(8-23-16)14(19)10-6-12(20-3)15(22-5)13(7-10)21-4/h6-8H,1H2,2-5H3,(H,17,18). The van der Waals surface area contributed by atoms with E-state index in [9.17, 15) is 4.79 Å². The molecule has 0 spiro atoms. The highest BCUT2D eigenvalue weighted by molar-refractivity contribution is 7.14. The average molecular weight is 334 g/mol. The van der Waals surface area contributed by atoms with Crippen molar-refractivity contribution in [2.45, 2.75) is 6.92 Å². The van der Waals surface area contributed by atoms with Crippen LogP contribution in [0.15, 0.2) is 29.8 Å². The number of nitrogens with one attached hydrogen (secondary N) is 1. The summed E-state index contributed by atoms with van der Waals surface area (Å²) in [7, 11) is 4.52. The van der Waals surface area contributed by atoms with Crippen molar-refractivity contribution in [2.24, 2.45) is 0 Å². The number of methoxy groups -OCH3 is 3. The molecule has 0 aliphatic heterocycles. The summed E-state index contributed by atoms with van der Waals surface area (Å²) in [5.74, 6) is 1.06. The first-order valence-electron chi connectivity index (χ1n) is 6.73. The van der Waals surface area contributed by atoms with Crippen LogP contribution in [-0.4, -0.2) is 32.1 Å². The summed E-state index contributed by atoms with van der Waals surface area (Å²) in [6.07, 6.45) is 0. The van der Waals surface area contributed by atoms with Crippen LogP contribution in [0, 0.1) is 0 Å². The number of allylic oxidation sites excluding steroid dienone is 1. The highest BCUT2D eigenvalue weighted by atomic mass is 32.1. The van der Waals surface area contributed by atoms with Crippen LogP contribution >= 0.6 is 11.3 Å². The number of nitrogens with zero attached hydrogens (tertiary/aromatic N) is 1. The van der Waals surface area contributed by atoms with Gasteiger partial charge in [0.15, 0.2) is 16.6 Å². The van der Waals surface area contributed by atoms with Crippen molar-refractivity contribution in [1.29, 1.82) is 0 Å². The monoisotopic (exact) mass is 334 g/mol. The van der Waals surface area contributed by atoms with Gasteiger partial charge >= 0.3 is 0 Å². The lowest BCUT2D eigenvalue weighted by Crippen LogP contribution is -2.05. The van der Waals surface area contributed by atoms with Gasteiger partial charge in [-0.15, -0.1) is 11.3 Å². The van der Waals surface area contributed by atoms with E-state index in [4.69, 9.17) is 14.2 Å². The fourth-order valence-electron chi connectivity index (χ4n) is 1.98. The predicted octanol–water partition coefficient (Wildman–Crippen LogP) is 3.35. The molecule has 2 aromatic rings. The van der Waals surface area contributed by atoms with Gasteiger partial charge in [-0.3, -0.25) is 4.79 Å². The van der Waals surface area contributed by atoms with Gasteiger partial charge in [0.25, 0.3) is 0 Å². The number of thiazole rings is 1. The molecule has 0 fully saturated rings. The third-order valence-electron chi connectivity index (χ3n) is 2.98. The number of ketones is 1. The molecule has 7 heteroatoms. The Morgan fingerprint density at radius 1 is 1.17 bits per heavy atom. The van der Waals surface area contributed by atoms with E-state index in [0.29, 0.717) is 33.6 Å². The Labute approximate surface area is 138 Å².